The molecule has 98 valence electrons. The second-order valence-electron chi connectivity index (χ2n) is 5.10. The van der Waals surface area contributed by atoms with Crippen LogP contribution < -0.4 is 0 Å². The zero-order valence-electron chi connectivity index (χ0n) is 10.5. The number of ether oxygens (including phenoxy) is 1. The van der Waals surface area contributed by atoms with E-state index in [1.165, 1.54) is 0 Å². The monoisotopic (exact) mass is 257 g/mol. The number of likely N-dealkylation sites (tertiary alicyclic amines) is 1. The van der Waals surface area contributed by atoms with E-state index in [1.54, 1.807) is 6.20 Å². The van der Waals surface area contributed by atoms with Gasteiger partial charge in [-0.1, -0.05) is 11.3 Å². The molecule has 1 unspecified atom stereocenters. The Hall–Kier alpha value is -1.79. The third-order valence-electron chi connectivity index (χ3n) is 3.83. The van der Waals surface area contributed by atoms with E-state index in [0.29, 0.717) is 6.61 Å². The van der Waals surface area contributed by atoms with Crippen LogP contribution in [0.25, 0.3) is 0 Å². The average molecular weight is 257 g/mol. The van der Waals surface area contributed by atoms with Gasteiger partial charge in [0, 0.05) is 25.8 Å². The Morgan fingerprint density at radius 3 is 3.21 bits per heavy atom. The summed E-state index contributed by atoms with van der Waals surface area (Å²) in [7, 11) is 0. The number of fused-ring (bicyclic) bond motifs is 3. The van der Waals surface area contributed by atoms with Crippen molar-refractivity contribution >= 4 is 0 Å². The molecule has 19 heavy (non-hydrogen) atoms. The van der Waals surface area contributed by atoms with Gasteiger partial charge < -0.3 is 4.74 Å². The van der Waals surface area contributed by atoms with Gasteiger partial charge in [0.15, 0.2) is 0 Å². The third-order valence-corrected chi connectivity index (χ3v) is 3.83. The van der Waals surface area contributed by atoms with E-state index < -0.39 is 0 Å². The van der Waals surface area contributed by atoms with Gasteiger partial charge in [-0.05, 0) is 12.1 Å². The largest absolute Gasteiger partial charge is 0.368 e. The minimum Gasteiger partial charge on any atom is -0.368 e. The molecule has 2 aliphatic heterocycles. The van der Waals surface area contributed by atoms with Crippen LogP contribution in [0.15, 0.2) is 30.6 Å². The lowest BCUT2D eigenvalue weighted by atomic mass is 10.2. The first-order chi connectivity index (χ1) is 9.40. The summed E-state index contributed by atoms with van der Waals surface area (Å²) in [5.74, 6) is 0. The minimum absolute atomic E-state index is 0.220. The van der Waals surface area contributed by atoms with E-state index in [2.05, 4.69) is 26.3 Å². The van der Waals surface area contributed by atoms with Crippen molar-refractivity contribution in [3.63, 3.8) is 0 Å². The number of hydrogen-bond donors (Lipinski definition) is 0. The van der Waals surface area contributed by atoms with E-state index in [1.807, 2.05) is 23.0 Å². The molecule has 2 aromatic rings. The smallest absolute Gasteiger partial charge is 0.0944 e. The second-order valence-corrected chi connectivity index (χ2v) is 5.10. The standard InChI is InChI=1S/C13H15N5O/c1-2-4-14-10(3-1)6-17-7-12-13(8-17)19-9-11-5-15-16-18(11)12/h1-5,12-13H,6-9H2/t12-,13?/m1/s1. The highest BCUT2D eigenvalue weighted by Gasteiger charge is 2.39. The zero-order chi connectivity index (χ0) is 12.7. The fraction of sp³-hybridized carbons (Fsp3) is 0.462. The van der Waals surface area contributed by atoms with Crippen molar-refractivity contribution in [3.05, 3.63) is 42.0 Å². The lowest BCUT2D eigenvalue weighted by Gasteiger charge is -2.25. The van der Waals surface area contributed by atoms with Crippen LogP contribution in [0.1, 0.15) is 17.4 Å². The van der Waals surface area contributed by atoms with Crippen LogP contribution >= 0.6 is 0 Å². The van der Waals surface area contributed by atoms with Crippen molar-refractivity contribution in [2.45, 2.75) is 25.3 Å². The van der Waals surface area contributed by atoms with Gasteiger partial charge in [0.1, 0.15) is 0 Å². The first-order valence-corrected chi connectivity index (χ1v) is 6.53. The van der Waals surface area contributed by atoms with Gasteiger partial charge in [-0.3, -0.25) is 9.88 Å². The Balaban J connectivity index is 1.52. The molecule has 0 aliphatic carbocycles. The average Bonchev–Trinajstić information content (AvgIpc) is 3.04. The summed E-state index contributed by atoms with van der Waals surface area (Å²) < 4.78 is 7.91. The Kier molecular flexibility index (Phi) is 2.56. The first kappa shape index (κ1) is 11.1. The Labute approximate surface area is 111 Å². The predicted molar refractivity (Wildman–Crippen MR) is 67.2 cm³/mol. The van der Waals surface area contributed by atoms with Crippen LogP contribution in [-0.2, 0) is 17.9 Å². The molecule has 6 nitrogen and oxygen atoms in total. The van der Waals surface area contributed by atoms with E-state index in [4.69, 9.17) is 4.74 Å². The van der Waals surface area contributed by atoms with Gasteiger partial charge in [-0.15, -0.1) is 5.10 Å². The summed E-state index contributed by atoms with van der Waals surface area (Å²) in [4.78, 5) is 6.75. The third kappa shape index (κ3) is 1.93. The van der Waals surface area contributed by atoms with Gasteiger partial charge in [0.2, 0.25) is 0 Å². The maximum Gasteiger partial charge on any atom is 0.0944 e. The number of aromatic nitrogens is 4. The number of pyridine rings is 1. The fourth-order valence-corrected chi connectivity index (χ4v) is 2.92. The SMILES string of the molecule is c1ccc(CN2CC3OCc4cnnn4[C@@H]3C2)nc1. The maximum atomic E-state index is 5.89. The molecule has 1 saturated heterocycles. The molecule has 0 saturated carbocycles. The Morgan fingerprint density at radius 1 is 1.32 bits per heavy atom. The molecule has 2 aliphatic rings. The van der Waals surface area contributed by atoms with E-state index in [9.17, 15) is 0 Å². The van der Waals surface area contributed by atoms with Crippen LogP contribution in [0.4, 0.5) is 0 Å². The minimum atomic E-state index is 0.220. The first-order valence-electron chi connectivity index (χ1n) is 6.53. The molecule has 4 heterocycles. The molecule has 0 aromatic carbocycles. The molecule has 0 radical (unpaired) electrons. The van der Waals surface area contributed by atoms with Crippen molar-refractivity contribution in [2.24, 2.45) is 0 Å². The number of rotatable bonds is 2. The molecule has 0 amide bonds. The van der Waals surface area contributed by atoms with E-state index in [-0.39, 0.29) is 12.1 Å². The van der Waals surface area contributed by atoms with E-state index in [0.717, 1.165) is 31.0 Å². The van der Waals surface area contributed by atoms with Gasteiger partial charge in [0.05, 0.1) is 36.3 Å². The molecule has 0 spiro atoms. The van der Waals surface area contributed by atoms with Crippen molar-refractivity contribution in [2.75, 3.05) is 13.1 Å². The van der Waals surface area contributed by atoms with Crippen LogP contribution in [0.3, 0.4) is 0 Å². The predicted octanol–water partition coefficient (Wildman–Crippen LogP) is 0.629. The number of nitrogens with zero attached hydrogens (tertiary/aromatic N) is 5. The fourth-order valence-electron chi connectivity index (χ4n) is 2.92. The van der Waals surface area contributed by atoms with Gasteiger partial charge in [-0.25, -0.2) is 4.68 Å². The second kappa shape index (κ2) is 4.40. The van der Waals surface area contributed by atoms with Crippen LogP contribution in [0.5, 0.6) is 0 Å². The van der Waals surface area contributed by atoms with Crippen molar-refractivity contribution in [1.29, 1.82) is 0 Å². The van der Waals surface area contributed by atoms with Gasteiger partial charge in [-0.2, -0.15) is 0 Å². The summed E-state index contributed by atoms with van der Waals surface area (Å²) in [6.07, 6.45) is 3.85. The summed E-state index contributed by atoms with van der Waals surface area (Å²) >= 11 is 0. The van der Waals surface area contributed by atoms with Crippen molar-refractivity contribution < 1.29 is 4.74 Å². The highest BCUT2D eigenvalue weighted by atomic mass is 16.5. The van der Waals surface area contributed by atoms with Crippen molar-refractivity contribution in [3.8, 4) is 0 Å². The van der Waals surface area contributed by atoms with Gasteiger partial charge >= 0.3 is 0 Å². The zero-order valence-corrected chi connectivity index (χ0v) is 10.5. The molecule has 6 heteroatoms. The summed E-state index contributed by atoms with van der Waals surface area (Å²) in [5.41, 5.74) is 2.17. The number of hydrogen-bond acceptors (Lipinski definition) is 5. The molecule has 0 N–H and O–H groups in total. The molecule has 1 fully saturated rings. The summed E-state index contributed by atoms with van der Waals surface area (Å²) in [6.45, 7) is 3.35. The molecule has 0 bridgehead atoms. The van der Waals surface area contributed by atoms with Crippen molar-refractivity contribution in [1.82, 2.24) is 24.9 Å². The highest BCUT2D eigenvalue weighted by Crippen LogP contribution is 2.30. The molecular formula is C13H15N5O. The molecular weight excluding hydrogens is 242 g/mol. The molecule has 2 aromatic heterocycles. The van der Waals surface area contributed by atoms with Gasteiger partial charge in [0.25, 0.3) is 0 Å². The lowest BCUT2D eigenvalue weighted by Crippen LogP contribution is -2.32. The molecule has 4 rings (SSSR count). The van der Waals surface area contributed by atoms with Crippen LogP contribution in [0, 0.1) is 0 Å². The maximum absolute atomic E-state index is 5.89. The van der Waals surface area contributed by atoms with Crippen LogP contribution in [-0.4, -0.2) is 44.1 Å². The van der Waals surface area contributed by atoms with Crippen LogP contribution in [0.2, 0.25) is 0 Å². The van der Waals surface area contributed by atoms with E-state index >= 15 is 0 Å². The molecule has 2 atom stereocenters. The highest BCUT2D eigenvalue weighted by molar-refractivity contribution is 5.06. The normalized spacial score (nSPS) is 26.1. The lowest BCUT2D eigenvalue weighted by molar-refractivity contribution is -0.00523. The Bertz CT molecular complexity index is 569. The Morgan fingerprint density at radius 2 is 2.32 bits per heavy atom. The summed E-state index contributed by atoms with van der Waals surface area (Å²) in [5, 5.41) is 8.16. The topological polar surface area (TPSA) is 56.1 Å². The quantitative estimate of drug-likeness (QED) is 0.789. The summed E-state index contributed by atoms with van der Waals surface area (Å²) in [6, 6.07) is 6.31.